The molecule has 1 aromatic heterocycles. The van der Waals surface area contributed by atoms with Gasteiger partial charge in [0.25, 0.3) is 5.91 Å². The molecule has 1 fully saturated rings. The number of likely N-dealkylation sites (N-methyl/N-ethyl adjacent to an activating group) is 1. The summed E-state index contributed by atoms with van der Waals surface area (Å²) in [6.07, 6.45) is 1.70. The standard InChI is InChI=1S/C22H17FN2O2S/c1-2-25-21(26)20(28-22(25)24-17-9-4-3-5-10-17)14-18-11-12-19(27-18)15-7-6-8-16(23)13-15/h3-14H,2H2,1H3/b20-14-,24-22?. The lowest BCUT2D eigenvalue weighted by atomic mass is 10.2. The lowest BCUT2D eigenvalue weighted by Gasteiger charge is -2.11. The topological polar surface area (TPSA) is 45.8 Å². The van der Waals surface area contributed by atoms with Gasteiger partial charge in [-0.25, -0.2) is 9.38 Å². The number of carbonyl (C=O) groups excluding carboxylic acids is 1. The van der Waals surface area contributed by atoms with Crippen molar-refractivity contribution in [1.82, 2.24) is 4.90 Å². The minimum atomic E-state index is -0.323. The Labute approximate surface area is 166 Å². The molecule has 0 spiro atoms. The monoisotopic (exact) mass is 392 g/mol. The van der Waals surface area contributed by atoms with Crippen LogP contribution in [0.15, 0.2) is 81.0 Å². The van der Waals surface area contributed by atoms with Crippen LogP contribution in [0.5, 0.6) is 0 Å². The first-order chi connectivity index (χ1) is 13.6. The van der Waals surface area contributed by atoms with Gasteiger partial charge in [0.1, 0.15) is 17.3 Å². The van der Waals surface area contributed by atoms with Crippen molar-refractivity contribution in [3.8, 4) is 11.3 Å². The van der Waals surface area contributed by atoms with Gasteiger partial charge in [0.15, 0.2) is 5.17 Å². The highest BCUT2D eigenvalue weighted by Crippen LogP contribution is 2.34. The fraction of sp³-hybridized carbons (Fsp3) is 0.0909. The van der Waals surface area contributed by atoms with Crippen molar-refractivity contribution in [3.05, 3.63) is 83.2 Å². The zero-order chi connectivity index (χ0) is 19.5. The molecule has 1 saturated heterocycles. The number of nitrogens with zero attached hydrogens (tertiary/aromatic N) is 2. The van der Waals surface area contributed by atoms with Crippen molar-refractivity contribution < 1.29 is 13.6 Å². The fourth-order valence-electron chi connectivity index (χ4n) is 2.84. The Bertz CT molecular complexity index is 1070. The zero-order valence-corrected chi connectivity index (χ0v) is 15.9. The summed E-state index contributed by atoms with van der Waals surface area (Å²) >= 11 is 1.32. The van der Waals surface area contributed by atoms with Crippen molar-refractivity contribution in [3.63, 3.8) is 0 Å². The number of rotatable bonds is 4. The number of amidine groups is 1. The Kier molecular flexibility index (Phi) is 5.12. The molecule has 28 heavy (non-hydrogen) atoms. The van der Waals surface area contributed by atoms with Crippen molar-refractivity contribution in [2.24, 2.45) is 4.99 Å². The number of halogens is 1. The second-order valence-electron chi connectivity index (χ2n) is 6.10. The quantitative estimate of drug-likeness (QED) is 0.534. The third-order valence-electron chi connectivity index (χ3n) is 4.19. The van der Waals surface area contributed by atoms with Crippen LogP contribution in [0.4, 0.5) is 10.1 Å². The highest BCUT2D eigenvalue weighted by molar-refractivity contribution is 8.18. The molecule has 4 rings (SSSR count). The van der Waals surface area contributed by atoms with E-state index in [0.717, 1.165) is 5.69 Å². The average molecular weight is 392 g/mol. The van der Waals surface area contributed by atoms with Crippen LogP contribution in [-0.2, 0) is 4.79 Å². The van der Waals surface area contributed by atoms with Crippen LogP contribution in [0, 0.1) is 5.82 Å². The largest absolute Gasteiger partial charge is 0.457 e. The molecule has 0 bridgehead atoms. The first kappa shape index (κ1) is 18.3. The first-order valence-electron chi connectivity index (χ1n) is 8.85. The van der Waals surface area contributed by atoms with Crippen LogP contribution < -0.4 is 0 Å². The van der Waals surface area contributed by atoms with E-state index in [1.54, 1.807) is 35.2 Å². The number of thioether (sulfide) groups is 1. The molecule has 2 heterocycles. The summed E-state index contributed by atoms with van der Waals surface area (Å²) in [5.41, 5.74) is 1.44. The number of carbonyl (C=O) groups is 1. The smallest absolute Gasteiger partial charge is 0.266 e. The molecule has 0 radical (unpaired) electrons. The molecule has 1 aliphatic heterocycles. The molecule has 0 unspecified atom stereocenters. The number of furan rings is 1. The van der Waals surface area contributed by atoms with E-state index in [0.29, 0.717) is 33.7 Å². The summed E-state index contributed by atoms with van der Waals surface area (Å²) in [6.45, 7) is 2.44. The Morgan fingerprint density at radius 3 is 2.68 bits per heavy atom. The molecule has 0 N–H and O–H groups in total. The molecule has 0 atom stereocenters. The van der Waals surface area contributed by atoms with Gasteiger partial charge in [-0.15, -0.1) is 0 Å². The minimum absolute atomic E-state index is 0.106. The lowest BCUT2D eigenvalue weighted by molar-refractivity contribution is -0.122. The van der Waals surface area contributed by atoms with Crippen LogP contribution in [0.25, 0.3) is 17.4 Å². The lowest BCUT2D eigenvalue weighted by Crippen LogP contribution is -2.28. The molecule has 6 heteroatoms. The van der Waals surface area contributed by atoms with Gasteiger partial charge in [-0.2, -0.15) is 0 Å². The number of amides is 1. The van der Waals surface area contributed by atoms with Crippen LogP contribution >= 0.6 is 11.8 Å². The maximum Gasteiger partial charge on any atom is 0.266 e. The van der Waals surface area contributed by atoms with Gasteiger partial charge < -0.3 is 4.42 Å². The van der Waals surface area contributed by atoms with E-state index >= 15 is 0 Å². The van der Waals surface area contributed by atoms with Crippen molar-refractivity contribution in [1.29, 1.82) is 0 Å². The van der Waals surface area contributed by atoms with Crippen molar-refractivity contribution in [2.75, 3.05) is 6.54 Å². The summed E-state index contributed by atoms with van der Waals surface area (Å²) in [4.78, 5) is 19.5. The van der Waals surface area contributed by atoms with E-state index in [-0.39, 0.29) is 11.7 Å². The molecule has 1 aliphatic rings. The predicted octanol–water partition coefficient (Wildman–Crippen LogP) is 5.71. The van der Waals surface area contributed by atoms with E-state index in [9.17, 15) is 9.18 Å². The summed E-state index contributed by atoms with van der Waals surface area (Å²) in [6, 6.07) is 19.3. The van der Waals surface area contributed by atoms with Gasteiger partial charge >= 0.3 is 0 Å². The molecule has 1 amide bonds. The van der Waals surface area contributed by atoms with Crippen LogP contribution in [0.2, 0.25) is 0 Å². The van der Waals surface area contributed by atoms with Crippen LogP contribution in [0.3, 0.4) is 0 Å². The third-order valence-corrected chi connectivity index (χ3v) is 5.20. The second kappa shape index (κ2) is 7.86. The number of para-hydroxylation sites is 1. The minimum Gasteiger partial charge on any atom is -0.457 e. The number of hydrogen-bond donors (Lipinski definition) is 0. The Balaban J connectivity index is 1.62. The maximum absolute atomic E-state index is 13.4. The van der Waals surface area contributed by atoms with Crippen molar-refractivity contribution in [2.45, 2.75) is 6.92 Å². The second-order valence-corrected chi connectivity index (χ2v) is 7.11. The van der Waals surface area contributed by atoms with Crippen LogP contribution in [-0.4, -0.2) is 22.5 Å². The Morgan fingerprint density at radius 1 is 1.11 bits per heavy atom. The van der Waals surface area contributed by atoms with E-state index in [1.165, 1.54) is 23.9 Å². The molecule has 3 aromatic rings. The van der Waals surface area contributed by atoms with Gasteiger partial charge in [0, 0.05) is 18.2 Å². The molecule has 140 valence electrons. The van der Waals surface area contributed by atoms with E-state index in [1.807, 2.05) is 37.3 Å². The molecule has 0 aliphatic carbocycles. The van der Waals surface area contributed by atoms with Crippen LogP contribution in [0.1, 0.15) is 12.7 Å². The average Bonchev–Trinajstić information content (AvgIpc) is 3.28. The molecular weight excluding hydrogens is 375 g/mol. The fourth-order valence-corrected chi connectivity index (χ4v) is 3.88. The van der Waals surface area contributed by atoms with E-state index in [4.69, 9.17) is 4.42 Å². The van der Waals surface area contributed by atoms with Gasteiger partial charge in [-0.05, 0) is 55.1 Å². The van der Waals surface area contributed by atoms with Gasteiger partial charge in [0.2, 0.25) is 0 Å². The first-order valence-corrected chi connectivity index (χ1v) is 9.66. The maximum atomic E-state index is 13.4. The van der Waals surface area contributed by atoms with E-state index in [2.05, 4.69) is 4.99 Å². The molecule has 4 nitrogen and oxygen atoms in total. The number of aliphatic imine (C=N–C) groups is 1. The highest BCUT2D eigenvalue weighted by Gasteiger charge is 2.32. The molecule has 0 saturated carbocycles. The van der Waals surface area contributed by atoms with E-state index < -0.39 is 0 Å². The highest BCUT2D eigenvalue weighted by atomic mass is 32.2. The predicted molar refractivity (Wildman–Crippen MR) is 111 cm³/mol. The van der Waals surface area contributed by atoms with Gasteiger partial charge in [0.05, 0.1) is 10.6 Å². The molecule has 2 aromatic carbocycles. The van der Waals surface area contributed by atoms with Gasteiger partial charge in [-0.1, -0.05) is 30.3 Å². The summed E-state index contributed by atoms with van der Waals surface area (Å²) in [7, 11) is 0. The zero-order valence-electron chi connectivity index (χ0n) is 15.1. The Hall–Kier alpha value is -3.12. The number of benzene rings is 2. The normalized spacial score (nSPS) is 17.1. The molecular formula is C22H17FN2O2S. The summed E-state index contributed by atoms with van der Waals surface area (Å²) in [5, 5.41) is 0.641. The summed E-state index contributed by atoms with van der Waals surface area (Å²) < 4.78 is 19.2. The Morgan fingerprint density at radius 2 is 1.93 bits per heavy atom. The van der Waals surface area contributed by atoms with Crippen molar-refractivity contribution >= 4 is 34.6 Å². The summed E-state index contributed by atoms with van der Waals surface area (Å²) in [5.74, 6) is 0.654. The number of hydrogen-bond acceptors (Lipinski definition) is 4. The third kappa shape index (κ3) is 3.77. The SMILES string of the molecule is CCN1C(=O)/C(=C/c2ccc(-c3cccc(F)c3)o2)SC1=Nc1ccccc1. The van der Waals surface area contributed by atoms with Gasteiger partial charge in [-0.3, -0.25) is 9.69 Å².